The standard InChI is InChI=1S/C15H18BrCl2N3/c1-4-19-14(11-6-5-10(16)7-13(11)17)8-12-9(2)20-21(3)15(12)18/h5-7,14,19H,4,8H2,1-3H3. The van der Waals surface area contributed by atoms with Gasteiger partial charge in [0.15, 0.2) is 0 Å². The van der Waals surface area contributed by atoms with Gasteiger partial charge in [-0.2, -0.15) is 5.10 Å². The summed E-state index contributed by atoms with van der Waals surface area (Å²) in [5, 5.41) is 9.27. The molecule has 1 heterocycles. The van der Waals surface area contributed by atoms with Crippen molar-refractivity contribution in [1.29, 1.82) is 0 Å². The molecule has 0 aliphatic heterocycles. The van der Waals surface area contributed by atoms with E-state index < -0.39 is 0 Å². The first kappa shape index (κ1) is 16.8. The van der Waals surface area contributed by atoms with Crippen LogP contribution in [0.5, 0.6) is 0 Å². The SMILES string of the molecule is CCNC(Cc1c(C)nn(C)c1Cl)c1ccc(Br)cc1Cl. The average molecular weight is 391 g/mol. The molecule has 1 unspecified atom stereocenters. The maximum absolute atomic E-state index is 6.39. The minimum atomic E-state index is 0.107. The Morgan fingerprint density at radius 2 is 2.10 bits per heavy atom. The summed E-state index contributed by atoms with van der Waals surface area (Å²) in [4.78, 5) is 0. The topological polar surface area (TPSA) is 29.9 Å². The van der Waals surface area contributed by atoms with E-state index in [9.17, 15) is 0 Å². The lowest BCUT2D eigenvalue weighted by atomic mass is 9.99. The summed E-state index contributed by atoms with van der Waals surface area (Å²) in [6, 6.07) is 6.07. The predicted molar refractivity (Wildman–Crippen MR) is 92.2 cm³/mol. The summed E-state index contributed by atoms with van der Waals surface area (Å²) in [5.41, 5.74) is 3.09. The van der Waals surface area contributed by atoms with E-state index in [1.165, 1.54) is 0 Å². The lowest BCUT2D eigenvalue weighted by Crippen LogP contribution is -2.23. The number of halogens is 3. The highest BCUT2D eigenvalue weighted by Gasteiger charge is 2.20. The molecule has 2 rings (SSSR count). The number of hydrogen-bond donors (Lipinski definition) is 1. The molecule has 1 N–H and O–H groups in total. The first-order valence-electron chi connectivity index (χ1n) is 6.80. The van der Waals surface area contributed by atoms with Gasteiger partial charge < -0.3 is 5.32 Å². The molecule has 0 fully saturated rings. The van der Waals surface area contributed by atoms with Crippen LogP contribution in [0.1, 0.15) is 29.8 Å². The molecular weight excluding hydrogens is 373 g/mol. The fraction of sp³-hybridized carbons (Fsp3) is 0.400. The van der Waals surface area contributed by atoms with E-state index >= 15 is 0 Å². The van der Waals surface area contributed by atoms with Gasteiger partial charge in [-0.1, -0.05) is 52.1 Å². The Morgan fingerprint density at radius 3 is 2.62 bits per heavy atom. The maximum Gasteiger partial charge on any atom is 0.130 e. The lowest BCUT2D eigenvalue weighted by Gasteiger charge is -2.20. The molecule has 114 valence electrons. The first-order valence-corrected chi connectivity index (χ1v) is 8.35. The summed E-state index contributed by atoms with van der Waals surface area (Å²) in [5.74, 6) is 0. The normalized spacial score (nSPS) is 12.7. The van der Waals surface area contributed by atoms with E-state index in [0.717, 1.165) is 39.3 Å². The largest absolute Gasteiger partial charge is 0.310 e. The van der Waals surface area contributed by atoms with Crippen molar-refractivity contribution in [3.63, 3.8) is 0 Å². The van der Waals surface area contributed by atoms with E-state index in [1.54, 1.807) is 4.68 Å². The number of aromatic nitrogens is 2. The fourth-order valence-corrected chi connectivity index (χ4v) is 3.49. The smallest absolute Gasteiger partial charge is 0.130 e. The van der Waals surface area contributed by atoms with Crippen LogP contribution in [0.2, 0.25) is 10.2 Å². The molecule has 6 heteroatoms. The molecule has 0 bridgehead atoms. The third-order valence-electron chi connectivity index (χ3n) is 3.47. The Hall–Kier alpha value is -0.550. The van der Waals surface area contributed by atoms with Crippen molar-refractivity contribution in [2.45, 2.75) is 26.3 Å². The van der Waals surface area contributed by atoms with Gasteiger partial charge in [-0.05, 0) is 37.6 Å². The van der Waals surface area contributed by atoms with Crippen LogP contribution in [0.25, 0.3) is 0 Å². The number of hydrogen-bond acceptors (Lipinski definition) is 2. The molecule has 21 heavy (non-hydrogen) atoms. The van der Waals surface area contributed by atoms with E-state index in [1.807, 2.05) is 32.2 Å². The summed E-state index contributed by atoms with van der Waals surface area (Å²) >= 11 is 16.2. The summed E-state index contributed by atoms with van der Waals surface area (Å²) in [6.07, 6.45) is 0.758. The highest BCUT2D eigenvalue weighted by atomic mass is 79.9. The third kappa shape index (κ3) is 3.81. The van der Waals surface area contributed by atoms with Gasteiger partial charge in [0, 0.05) is 28.1 Å². The third-order valence-corrected chi connectivity index (χ3v) is 4.76. The van der Waals surface area contributed by atoms with E-state index in [0.29, 0.717) is 5.15 Å². The van der Waals surface area contributed by atoms with Crippen molar-refractivity contribution in [3.8, 4) is 0 Å². The van der Waals surface area contributed by atoms with Gasteiger partial charge in [0.05, 0.1) is 5.69 Å². The van der Waals surface area contributed by atoms with Crippen molar-refractivity contribution in [2.75, 3.05) is 6.54 Å². The van der Waals surface area contributed by atoms with Gasteiger partial charge in [0.25, 0.3) is 0 Å². The second-order valence-electron chi connectivity index (χ2n) is 4.96. The molecule has 1 aromatic heterocycles. The number of likely N-dealkylation sites (N-methyl/N-ethyl adjacent to an activating group) is 1. The monoisotopic (exact) mass is 389 g/mol. The molecule has 1 atom stereocenters. The zero-order valence-corrected chi connectivity index (χ0v) is 15.3. The number of rotatable bonds is 5. The minimum Gasteiger partial charge on any atom is -0.310 e. The molecule has 0 spiro atoms. The quantitative estimate of drug-likeness (QED) is 0.802. The van der Waals surface area contributed by atoms with Crippen molar-refractivity contribution < 1.29 is 0 Å². The molecular formula is C15H18BrCl2N3. The highest BCUT2D eigenvalue weighted by Crippen LogP contribution is 2.31. The fourth-order valence-electron chi connectivity index (χ4n) is 2.43. The number of benzene rings is 1. The number of aryl methyl sites for hydroxylation is 2. The van der Waals surface area contributed by atoms with Crippen molar-refractivity contribution in [2.24, 2.45) is 7.05 Å². The molecule has 3 nitrogen and oxygen atoms in total. The Labute approximate surface area is 143 Å². The zero-order chi connectivity index (χ0) is 15.6. The molecule has 0 aliphatic rings. The Morgan fingerprint density at radius 1 is 1.38 bits per heavy atom. The van der Waals surface area contributed by atoms with E-state index in [-0.39, 0.29) is 6.04 Å². The lowest BCUT2D eigenvalue weighted by molar-refractivity contribution is 0.549. The molecule has 0 amide bonds. The van der Waals surface area contributed by atoms with Gasteiger partial charge in [-0.15, -0.1) is 0 Å². The van der Waals surface area contributed by atoms with Gasteiger partial charge >= 0.3 is 0 Å². The molecule has 2 aromatic rings. The summed E-state index contributed by atoms with van der Waals surface area (Å²) in [7, 11) is 1.85. The van der Waals surface area contributed by atoms with Crippen molar-refractivity contribution >= 4 is 39.1 Å². The number of nitrogens with zero attached hydrogens (tertiary/aromatic N) is 2. The molecule has 0 saturated carbocycles. The Balaban J connectivity index is 2.35. The predicted octanol–water partition coefficient (Wildman–Crippen LogP) is 4.69. The van der Waals surface area contributed by atoms with Gasteiger partial charge in [-0.3, -0.25) is 4.68 Å². The van der Waals surface area contributed by atoms with Crippen LogP contribution in [0.3, 0.4) is 0 Å². The van der Waals surface area contributed by atoms with Crippen LogP contribution in [-0.4, -0.2) is 16.3 Å². The van der Waals surface area contributed by atoms with Crippen LogP contribution in [0.4, 0.5) is 0 Å². The first-order chi connectivity index (χ1) is 9.93. The van der Waals surface area contributed by atoms with Gasteiger partial charge in [-0.25, -0.2) is 0 Å². The Kier molecular flexibility index (Phi) is 5.72. The summed E-state index contributed by atoms with van der Waals surface area (Å²) in [6.45, 7) is 4.92. The van der Waals surface area contributed by atoms with Crippen molar-refractivity contribution in [3.05, 3.63) is 49.7 Å². The molecule has 0 saturated heterocycles. The molecule has 0 radical (unpaired) electrons. The average Bonchev–Trinajstić information content (AvgIpc) is 2.65. The number of nitrogens with one attached hydrogen (secondary N) is 1. The zero-order valence-electron chi connectivity index (χ0n) is 12.3. The van der Waals surface area contributed by atoms with Crippen molar-refractivity contribution in [1.82, 2.24) is 15.1 Å². The second-order valence-corrected chi connectivity index (χ2v) is 6.64. The van der Waals surface area contributed by atoms with Crippen LogP contribution >= 0.6 is 39.1 Å². The highest BCUT2D eigenvalue weighted by molar-refractivity contribution is 9.10. The Bertz CT molecular complexity index is 640. The maximum atomic E-state index is 6.39. The molecule has 0 aliphatic carbocycles. The molecule has 1 aromatic carbocycles. The van der Waals surface area contributed by atoms with E-state index in [2.05, 4.69) is 33.3 Å². The van der Waals surface area contributed by atoms with Crippen LogP contribution in [-0.2, 0) is 13.5 Å². The van der Waals surface area contributed by atoms with Crippen LogP contribution in [0.15, 0.2) is 22.7 Å². The second kappa shape index (κ2) is 7.14. The van der Waals surface area contributed by atoms with Crippen LogP contribution < -0.4 is 5.32 Å². The minimum absolute atomic E-state index is 0.107. The summed E-state index contributed by atoms with van der Waals surface area (Å²) < 4.78 is 2.68. The van der Waals surface area contributed by atoms with Gasteiger partial charge in [0.1, 0.15) is 5.15 Å². The van der Waals surface area contributed by atoms with E-state index in [4.69, 9.17) is 23.2 Å². The van der Waals surface area contributed by atoms with Gasteiger partial charge in [0.2, 0.25) is 0 Å². The van der Waals surface area contributed by atoms with Crippen LogP contribution in [0, 0.1) is 6.92 Å².